The Morgan fingerprint density at radius 2 is 2.21 bits per heavy atom. The third kappa shape index (κ3) is 2.22. The lowest BCUT2D eigenvalue weighted by molar-refractivity contribution is 0.209. The molecule has 0 fully saturated rings. The zero-order valence-corrected chi connectivity index (χ0v) is 13.1. The van der Waals surface area contributed by atoms with Crippen LogP contribution in [0.1, 0.15) is 23.2 Å². The largest absolute Gasteiger partial charge is 0.369 e. The van der Waals surface area contributed by atoms with E-state index in [1.54, 1.807) is 35.4 Å². The van der Waals surface area contributed by atoms with Crippen LogP contribution in [-0.2, 0) is 0 Å². The van der Waals surface area contributed by atoms with Gasteiger partial charge in [0.05, 0.1) is 40.6 Å². The lowest BCUT2D eigenvalue weighted by Gasteiger charge is -2.12. The highest BCUT2D eigenvalue weighted by Crippen LogP contribution is 2.32. The predicted molar refractivity (Wildman–Crippen MR) is 85.1 cm³/mol. The molecule has 0 saturated carbocycles. The number of aliphatic hydroxyl groups excluding tert-OH is 1. The van der Waals surface area contributed by atoms with Gasteiger partial charge in [-0.15, -0.1) is 0 Å². The van der Waals surface area contributed by atoms with Gasteiger partial charge in [0.15, 0.2) is 11.9 Å². The molecule has 0 radical (unpaired) electrons. The van der Waals surface area contributed by atoms with Crippen molar-refractivity contribution in [3.05, 3.63) is 47.9 Å². The molecule has 4 aromatic rings. The molecule has 9 heteroatoms. The number of hydrogen-bond donors (Lipinski definition) is 3. The van der Waals surface area contributed by atoms with E-state index in [0.717, 1.165) is 11.3 Å². The van der Waals surface area contributed by atoms with Crippen molar-refractivity contribution in [1.82, 2.24) is 30.0 Å². The number of rotatable bonds is 4. The Morgan fingerprint density at radius 1 is 1.33 bits per heavy atom. The second kappa shape index (κ2) is 5.46. The Hall–Kier alpha value is -3.20. The Labute approximate surface area is 136 Å². The number of nitrogens with one attached hydrogen (secondary N) is 2. The zero-order chi connectivity index (χ0) is 16.7. The molecule has 0 bridgehead atoms. The molecule has 24 heavy (non-hydrogen) atoms. The first-order valence-electron chi connectivity index (χ1n) is 7.34. The molecule has 4 rings (SSSR count). The molecule has 0 saturated heterocycles. The molecule has 0 aliphatic heterocycles. The van der Waals surface area contributed by atoms with Crippen LogP contribution in [0.5, 0.6) is 0 Å². The van der Waals surface area contributed by atoms with Crippen molar-refractivity contribution in [2.24, 2.45) is 0 Å². The fourth-order valence-electron chi connectivity index (χ4n) is 2.69. The van der Waals surface area contributed by atoms with Crippen LogP contribution in [0.4, 0.5) is 5.69 Å². The minimum atomic E-state index is -0.991. The van der Waals surface area contributed by atoms with Crippen LogP contribution in [0.15, 0.2) is 35.4 Å². The van der Waals surface area contributed by atoms with Crippen LogP contribution in [-0.4, -0.2) is 35.1 Å². The van der Waals surface area contributed by atoms with Crippen molar-refractivity contribution < 1.29 is 9.63 Å². The first-order valence-corrected chi connectivity index (χ1v) is 7.34. The third-order valence-corrected chi connectivity index (χ3v) is 3.82. The highest BCUT2D eigenvalue weighted by molar-refractivity contribution is 5.76. The molecule has 0 aliphatic rings. The van der Waals surface area contributed by atoms with E-state index >= 15 is 0 Å². The van der Waals surface area contributed by atoms with Gasteiger partial charge in [-0.25, -0.2) is 9.50 Å². The second-order valence-corrected chi connectivity index (χ2v) is 5.39. The quantitative estimate of drug-likeness (QED) is 0.490. The van der Waals surface area contributed by atoms with Gasteiger partial charge in [0.25, 0.3) is 0 Å². The van der Waals surface area contributed by atoms with Crippen LogP contribution < -0.4 is 5.32 Å². The molecule has 3 N–H and O–H groups in total. The summed E-state index contributed by atoms with van der Waals surface area (Å²) >= 11 is 0. The molecule has 4 aromatic heterocycles. The van der Waals surface area contributed by atoms with Gasteiger partial charge in [-0.3, -0.25) is 5.10 Å². The lowest BCUT2D eigenvalue weighted by atomic mass is 10.1. The molecular weight excluding hydrogens is 310 g/mol. The van der Waals surface area contributed by atoms with Crippen LogP contribution in [0.25, 0.3) is 16.9 Å². The molecule has 0 aliphatic carbocycles. The van der Waals surface area contributed by atoms with Crippen molar-refractivity contribution in [3.8, 4) is 11.3 Å². The number of nitrogens with zero attached hydrogens (tertiary/aromatic N) is 5. The van der Waals surface area contributed by atoms with E-state index in [0.29, 0.717) is 28.4 Å². The standard InChI is InChI=1S/C15H15N7O2/c1-8-12(9(2)24-21-8)13-11(7-17-20-13)19-15(23)10-6-18-22-5-3-4-16-14(10)22/h3-7,15,19,23H,1-2H3,(H,17,20). The lowest BCUT2D eigenvalue weighted by Crippen LogP contribution is -2.10. The first kappa shape index (κ1) is 14.4. The van der Waals surface area contributed by atoms with Crippen molar-refractivity contribution in [3.63, 3.8) is 0 Å². The molecule has 4 heterocycles. The number of aromatic nitrogens is 6. The summed E-state index contributed by atoms with van der Waals surface area (Å²) in [7, 11) is 0. The molecule has 9 nitrogen and oxygen atoms in total. The normalized spacial score (nSPS) is 12.6. The summed E-state index contributed by atoms with van der Waals surface area (Å²) in [5, 5.41) is 28.7. The van der Waals surface area contributed by atoms with Crippen molar-refractivity contribution in [2.45, 2.75) is 20.1 Å². The third-order valence-electron chi connectivity index (χ3n) is 3.82. The number of aryl methyl sites for hydroxylation is 2. The molecule has 0 spiro atoms. The molecule has 1 unspecified atom stereocenters. The van der Waals surface area contributed by atoms with E-state index in [4.69, 9.17) is 4.52 Å². The summed E-state index contributed by atoms with van der Waals surface area (Å²) in [6, 6.07) is 1.77. The number of hydrogen-bond acceptors (Lipinski definition) is 7. The van der Waals surface area contributed by atoms with E-state index < -0.39 is 6.23 Å². The van der Waals surface area contributed by atoms with E-state index in [1.165, 1.54) is 0 Å². The number of fused-ring (bicyclic) bond motifs is 1. The summed E-state index contributed by atoms with van der Waals surface area (Å²) in [5.41, 5.74) is 4.05. The molecule has 122 valence electrons. The maximum absolute atomic E-state index is 10.6. The van der Waals surface area contributed by atoms with Crippen molar-refractivity contribution in [2.75, 3.05) is 5.32 Å². The van der Waals surface area contributed by atoms with Gasteiger partial charge in [0.2, 0.25) is 0 Å². The fourth-order valence-corrected chi connectivity index (χ4v) is 2.69. The average molecular weight is 325 g/mol. The summed E-state index contributed by atoms with van der Waals surface area (Å²) < 4.78 is 6.80. The van der Waals surface area contributed by atoms with E-state index in [-0.39, 0.29) is 0 Å². The SMILES string of the molecule is Cc1noc(C)c1-c1[nH]ncc1NC(O)c1cnn2cccnc12. The Morgan fingerprint density at radius 3 is 3.00 bits per heavy atom. The van der Waals surface area contributed by atoms with E-state index in [9.17, 15) is 5.11 Å². The highest BCUT2D eigenvalue weighted by Gasteiger charge is 2.20. The van der Waals surface area contributed by atoms with Gasteiger partial charge in [0.1, 0.15) is 5.76 Å². The highest BCUT2D eigenvalue weighted by atomic mass is 16.5. The minimum Gasteiger partial charge on any atom is -0.369 e. The fraction of sp³-hybridized carbons (Fsp3) is 0.200. The van der Waals surface area contributed by atoms with Gasteiger partial charge in [0, 0.05) is 12.4 Å². The Kier molecular flexibility index (Phi) is 3.28. The maximum atomic E-state index is 10.6. The molecule has 1 atom stereocenters. The predicted octanol–water partition coefficient (Wildman–Crippen LogP) is 1.83. The second-order valence-electron chi connectivity index (χ2n) is 5.39. The Balaban J connectivity index is 1.68. The van der Waals surface area contributed by atoms with Gasteiger partial charge < -0.3 is 14.9 Å². The molecule has 0 aromatic carbocycles. The van der Waals surface area contributed by atoms with Gasteiger partial charge in [-0.05, 0) is 19.9 Å². The van der Waals surface area contributed by atoms with Gasteiger partial charge in [-0.2, -0.15) is 10.2 Å². The number of anilines is 1. The molecule has 0 amide bonds. The van der Waals surface area contributed by atoms with Crippen molar-refractivity contribution >= 4 is 11.3 Å². The zero-order valence-electron chi connectivity index (χ0n) is 13.1. The van der Waals surface area contributed by atoms with Crippen LogP contribution in [0.3, 0.4) is 0 Å². The van der Waals surface area contributed by atoms with E-state index in [2.05, 4.69) is 30.8 Å². The summed E-state index contributed by atoms with van der Waals surface area (Å²) in [6.07, 6.45) is 5.61. The average Bonchev–Trinajstić information content (AvgIpc) is 3.27. The maximum Gasteiger partial charge on any atom is 0.162 e. The monoisotopic (exact) mass is 325 g/mol. The van der Waals surface area contributed by atoms with Crippen LogP contribution in [0, 0.1) is 13.8 Å². The van der Waals surface area contributed by atoms with Crippen molar-refractivity contribution in [1.29, 1.82) is 0 Å². The number of H-pyrrole nitrogens is 1. The number of aromatic amines is 1. The summed E-state index contributed by atoms with van der Waals surface area (Å²) in [6.45, 7) is 3.67. The summed E-state index contributed by atoms with van der Waals surface area (Å²) in [5.74, 6) is 0.673. The number of aliphatic hydroxyl groups is 1. The smallest absolute Gasteiger partial charge is 0.162 e. The van der Waals surface area contributed by atoms with E-state index in [1.807, 2.05) is 13.8 Å². The van der Waals surface area contributed by atoms with Gasteiger partial charge >= 0.3 is 0 Å². The summed E-state index contributed by atoms with van der Waals surface area (Å²) in [4.78, 5) is 4.24. The van der Waals surface area contributed by atoms with Crippen LogP contribution in [0.2, 0.25) is 0 Å². The molecular formula is C15H15N7O2. The first-order chi connectivity index (χ1) is 11.6. The Bertz CT molecular complexity index is 981. The minimum absolute atomic E-state index is 0.571. The van der Waals surface area contributed by atoms with Gasteiger partial charge in [-0.1, -0.05) is 5.16 Å². The van der Waals surface area contributed by atoms with Crippen LogP contribution >= 0.6 is 0 Å². The topological polar surface area (TPSA) is 117 Å².